The van der Waals surface area contributed by atoms with Gasteiger partial charge in [-0.2, -0.15) is 0 Å². The maximum absolute atomic E-state index is 5.42. The highest BCUT2D eigenvalue weighted by Gasteiger charge is 1.95. The molecule has 0 amide bonds. The third-order valence-corrected chi connectivity index (χ3v) is 2.36. The Morgan fingerprint density at radius 2 is 1.84 bits per heavy atom. The number of ether oxygens (including phenoxy) is 1. The van der Waals surface area contributed by atoms with Crippen LogP contribution >= 0.6 is 24.8 Å². The van der Waals surface area contributed by atoms with E-state index in [0.717, 1.165) is 25.4 Å². The minimum atomic E-state index is 0. The molecule has 5 heteroatoms. The van der Waals surface area contributed by atoms with E-state index in [4.69, 9.17) is 4.74 Å². The van der Waals surface area contributed by atoms with Gasteiger partial charge in [-0.25, -0.2) is 0 Å². The van der Waals surface area contributed by atoms with Crippen LogP contribution in [0.5, 0.6) is 5.75 Å². The van der Waals surface area contributed by atoms with E-state index in [1.54, 1.807) is 6.08 Å². The van der Waals surface area contributed by atoms with Gasteiger partial charge in [-0.3, -0.25) is 0 Å². The number of benzene rings is 1. The van der Waals surface area contributed by atoms with Gasteiger partial charge in [0.25, 0.3) is 0 Å². The molecule has 0 radical (unpaired) electrons. The third kappa shape index (κ3) is 9.79. The van der Waals surface area contributed by atoms with Crippen molar-refractivity contribution in [1.29, 1.82) is 0 Å². The number of likely N-dealkylation sites (N-methyl/N-ethyl adjacent to an activating group) is 1. The summed E-state index contributed by atoms with van der Waals surface area (Å²) in [5.74, 6) is 0.891. The lowest BCUT2D eigenvalue weighted by Gasteiger charge is -2.10. The molecule has 19 heavy (non-hydrogen) atoms. The first-order valence-corrected chi connectivity index (χ1v) is 5.90. The average molecular weight is 307 g/mol. The van der Waals surface area contributed by atoms with Crippen molar-refractivity contribution in [3.63, 3.8) is 0 Å². The molecular formula is C14H24Cl2N2O. The van der Waals surface area contributed by atoms with Crippen LogP contribution in [0.15, 0.2) is 36.9 Å². The molecule has 0 heterocycles. The van der Waals surface area contributed by atoms with Crippen LogP contribution in [0.25, 0.3) is 0 Å². The minimum absolute atomic E-state index is 0. The normalized spacial score (nSPS) is 9.42. The summed E-state index contributed by atoms with van der Waals surface area (Å²) in [7, 11) is 4.15. The summed E-state index contributed by atoms with van der Waals surface area (Å²) in [6.07, 6.45) is 1.75. The zero-order valence-corrected chi connectivity index (χ0v) is 13.2. The average Bonchev–Trinajstić information content (AvgIpc) is 2.33. The van der Waals surface area contributed by atoms with Crippen LogP contribution in [-0.2, 0) is 6.54 Å². The maximum atomic E-state index is 5.42. The first kappa shape index (κ1) is 20.6. The monoisotopic (exact) mass is 306 g/mol. The molecule has 1 N–H and O–H groups in total. The third-order valence-electron chi connectivity index (χ3n) is 2.36. The maximum Gasteiger partial charge on any atom is 0.119 e. The number of nitrogens with one attached hydrogen (secondary N) is 1. The highest BCUT2D eigenvalue weighted by atomic mass is 35.5. The molecule has 0 bridgehead atoms. The summed E-state index contributed by atoms with van der Waals surface area (Å²) in [6, 6.07) is 8.15. The summed E-state index contributed by atoms with van der Waals surface area (Å²) in [5, 5.41) is 3.40. The van der Waals surface area contributed by atoms with Crippen LogP contribution in [0.3, 0.4) is 0 Å². The lowest BCUT2D eigenvalue weighted by atomic mass is 10.2. The molecular weight excluding hydrogens is 283 g/mol. The van der Waals surface area contributed by atoms with E-state index in [9.17, 15) is 0 Å². The standard InChI is InChI=1S/C14H22N2O.2ClH/c1-4-11-17-14-7-5-13(6-8-14)12-15-9-10-16(2)3;;/h4-8,15H,1,9-12H2,2-3H3;2*1H. The molecule has 0 aromatic heterocycles. The van der Waals surface area contributed by atoms with E-state index >= 15 is 0 Å². The Morgan fingerprint density at radius 1 is 1.21 bits per heavy atom. The molecule has 1 aromatic carbocycles. The molecule has 110 valence electrons. The number of halogens is 2. The Bertz CT molecular complexity index is 329. The van der Waals surface area contributed by atoms with E-state index in [1.807, 2.05) is 12.1 Å². The quantitative estimate of drug-likeness (QED) is 0.590. The molecule has 1 aromatic rings. The molecule has 0 aliphatic carbocycles. The van der Waals surface area contributed by atoms with E-state index in [-0.39, 0.29) is 24.8 Å². The number of hydrogen-bond donors (Lipinski definition) is 1. The van der Waals surface area contributed by atoms with Gasteiger partial charge in [0, 0.05) is 19.6 Å². The summed E-state index contributed by atoms with van der Waals surface area (Å²) in [4.78, 5) is 2.17. The van der Waals surface area contributed by atoms with Crippen LogP contribution in [-0.4, -0.2) is 38.7 Å². The van der Waals surface area contributed by atoms with Gasteiger partial charge in [-0.1, -0.05) is 24.8 Å². The van der Waals surface area contributed by atoms with Gasteiger partial charge in [0.15, 0.2) is 0 Å². The van der Waals surface area contributed by atoms with Gasteiger partial charge in [-0.15, -0.1) is 24.8 Å². The SMILES string of the molecule is C=CCOc1ccc(CNCCN(C)C)cc1.Cl.Cl. The van der Waals surface area contributed by atoms with Crippen molar-refractivity contribution < 1.29 is 4.74 Å². The molecule has 0 unspecified atom stereocenters. The summed E-state index contributed by atoms with van der Waals surface area (Å²) in [6.45, 7) is 7.13. The highest BCUT2D eigenvalue weighted by molar-refractivity contribution is 5.85. The molecule has 0 atom stereocenters. The van der Waals surface area contributed by atoms with E-state index in [2.05, 4.69) is 43.0 Å². The first-order valence-electron chi connectivity index (χ1n) is 5.90. The highest BCUT2D eigenvalue weighted by Crippen LogP contribution is 2.11. The summed E-state index contributed by atoms with van der Waals surface area (Å²) < 4.78 is 5.42. The predicted octanol–water partition coefficient (Wildman–Crippen LogP) is 2.75. The predicted molar refractivity (Wildman–Crippen MR) is 86.9 cm³/mol. The van der Waals surface area contributed by atoms with Crippen LogP contribution in [0.4, 0.5) is 0 Å². The van der Waals surface area contributed by atoms with Crippen LogP contribution in [0, 0.1) is 0 Å². The fraction of sp³-hybridized carbons (Fsp3) is 0.429. The zero-order chi connectivity index (χ0) is 12.5. The van der Waals surface area contributed by atoms with Crippen LogP contribution in [0.1, 0.15) is 5.56 Å². The number of nitrogens with zero attached hydrogens (tertiary/aromatic N) is 1. The van der Waals surface area contributed by atoms with Crippen LogP contribution in [0.2, 0.25) is 0 Å². The Labute approximate surface area is 128 Å². The number of hydrogen-bond acceptors (Lipinski definition) is 3. The Morgan fingerprint density at radius 3 is 2.37 bits per heavy atom. The molecule has 1 rings (SSSR count). The summed E-state index contributed by atoms with van der Waals surface area (Å²) >= 11 is 0. The van der Waals surface area contributed by atoms with Crippen molar-refractivity contribution >= 4 is 24.8 Å². The minimum Gasteiger partial charge on any atom is -0.490 e. The molecule has 0 fully saturated rings. The van der Waals surface area contributed by atoms with Crippen LogP contribution < -0.4 is 10.1 Å². The van der Waals surface area contributed by atoms with Crippen molar-refractivity contribution in [2.24, 2.45) is 0 Å². The van der Waals surface area contributed by atoms with Crippen molar-refractivity contribution in [2.45, 2.75) is 6.54 Å². The zero-order valence-electron chi connectivity index (χ0n) is 11.6. The molecule has 0 spiro atoms. The van der Waals surface area contributed by atoms with Crippen molar-refractivity contribution in [2.75, 3.05) is 33.8 Å². The molecule has 0 saturated heterocycles. The van der Waals surface area contributed by atoms with Gasteiger partial charge in [-0.05, 0) is 31.8 Å². The van der Waals surface area contributed by atoms with Gasteiger partial charge in [0.05, 0.1) is 0 Å². The molecule has 3 nitrogen and oxygen atoms in total. The summed E-state index contributed by atoms with van der Waals surface area (Å²) in [5.41, 5.74) is 1.27. The van der Waals surface area contributed by atoms with Gasteiger partial charge in [0.1, 0.15) is 12.4 Å². The van der Waals surface area contributed by atoms with Crippen molar-refractivity contribution in [1.82, 2.24) is 10.2 Å². The second-order valence-electron chi connectivity index (χ2n) is 4.22. The van der Waals surface area contributed by atoms with Crippen molar-refractivity contribution in [3.8, 4) is 5.75 Å². The largest absolute Gasteiger partial charge is 0.490 e. The van der Waals surface area contributed by atoms with E-state index in [1.165, 1.54) is 5.56 Å². The van der Waals surface area contributed by atoms with Gasteiger partial charge >= 0.3 is 0 Å². The first-order chi connectivity index (χ1) is 8.22. The Hall–Kier alpha value is -0.740. The smallest absolute Gasteiger partial charge is 0.119 e. The Kier molecular flexibility index (Phi) is 13.3. The Balaban J connectivity index is 0. The van der Waals surface area contributed by atoms with Gasteiger partial charge < -0.3 is 15.0 Å². The second kappa shape index (κ2) is 12.3. The lowest BCUT2D eigenvalue weighted by molar-refractivity contribution is 0.363. The number of rotatable bonds is 8. The van der Waals surface area contributed by atoms with Gasteiger partial charge in [0.2, 0.25) is 0 Å². The van der Waals surface area contributed by atoms with E-state index in [0.29, 0.717) is 6.61 Å². The van der Waals surface area contributed by atoms with E-state index < -0.39 is 0 Å². The molecule has 0 aliphatic rings. The van der Waals surface area contributed by atoms with Crippen molar-refractivity contribution in [3.05, 3.63) is 42.5 Å². The topological polar surface area (TPSA) is 24.5 Å². The fourth-order valence-electron chi connectivity index (χ4n) is 1.39. The molecule has 0 aliphatic heterocycles. The lowest BCUT2D eigenvalue weighted by Crippen LogP contribution is -2.26. The molecule has 0 saturated carbocycles. The second-order valence-corrected chi connectivity index (χ2v) is 4.22. The fourth-order valence-corrected chi connectivity index (χ4v) is 1.39.